The van der Waals surface area contributed by atoms with Gasteiger partial charge in [0.1, 0.15) is 11.0 Å². The van der Waals surface area contributed by atoms with Gasteiger partial charge >= 0.3 is 0 Å². The van der Waals surface area contributed by atoms with Crippen LogP contribution < -0.4 is 5.36 Å². The van der Waals surface area contributed by atoms with Crippen molar-refractivity contribution < 1.29 is 4.21 Å². The lowest BCUT2D eigenvalue weighted by atomic mass is 9.94. The predicted molar refractivity (Wildman–Crippen MR) is 175 cm³/mol. The monoisotopic (exact) mass is 595 g/mol. The number of hydrogen-bond acceptors (Lipinski definition) is 5. The molecular formula is C33H49N5OS2. The van der Waals surface area contributed by atoms with E-state index in [2.05, 4.69) is 103 Å². The Morgan fingerprint density at radius 1 is 0.878 bits per heavy atom. The van der Waals surface area contributed by atoms with Crippen molar-refractivity contribution in [2.75, 3.05) is 53.4 Å². The maximum atomic E-state index is 13.8. The minimum atomic E-state index is -1.18. The third kappa shape index (κ3) is 7.27. The topological polar surface area (TPSA) is 44.1 Å². The fourth-order valence-corrected chi connectivity index (χ4v) is 9.64. The van der Waals surface area contributed by atoms with Gasteiger partial charge in [-0.2, -0.15) is 0 Å². The Labute approximate surface area is 253 Å². The summed E-state index contributed by atoms with van der Waals surface area (Å²) in [7, 11) is 5.19. The van der Waals surface area contributed by atoms with Crippen molar-refractivity contribution in [3.63, 3.8) is 0 Å². The molecule has 2 fully saturated rings. The quantitative estimate of drug-likeness (QED) is 0.178. The van der Waals surface area contributed by atoms with E-state index < -0.39 is 11.0 Å². The summed E-state index contributed by atoms with van der Waals surface area (Å²) in [6, 6.07) is 13.2. The van der Waals surface area contributed by atoms with E-state index in [4.69, 9.17) is 4.99 Å². The van der Waals surface area contributed by atoms with Crippen molar-refractivity contribution in [1.29, 1.82) is 0 Å². The molecule has 41 heavy (non-hydrogen) atoms. The van der Waals surface area contributed by atoms with E-state index in [-0.39, 0.29) is 0 Å². The Bertz CT molecular complexity index is 1450. The zero-order valence-electron chi connectivity index (χ0n) is 26.1. The third-order valence-electron chi connectivity index (χ3n) is 8.54. The number of aromatic nitrogens is 1. The second-order valence-electron chi connectivity index (χ2n) is 13.2. The summed E-state index contributed by atoms with van der Waals surface area (Å²) in [5.41, 5.74) is 2.31. The van der Waals surface area contributed by atoms with Gasteiger partial charge in [-0.3, -0.25) is 4.99 Å². The van der Waals surface area contributed by atoms with E-state index in [1.165, 1.54) is 28.6 Å². The van der Waals surface area contributed by atoms with Gasteiger partial charge in [0.2, 0.25) is 0 Å². The lowest BCUT2D eigenvalue weighted by Gasteiger charge is -2.34. The van der Waals surface area contributed by atoms with Crippen LogP contribution in [0, 0.1) is 23.7 Å². The van der Waals surface area contributed by atoms with Gasteiger partial charge in [-0.1, -0.05) is 27.7 Å². The van der Waals surface area contributed by atoms with Crippen LogP contribution in [-0.4, -0.2) is 75.7 Å². The molecule has 0 bridgehead atoms. The molecule has 2 aliphatic heterocycles. The van der Waals surface area contributed by atoms with Crippen LogP contribution in [0.4, 0.5) is 0 Å². The molecule has 5 unspecified atom stereocenters. The summed E-state index contributed by atoms with van der Waals surface area (Å²) >= 11 is 1.89. The van der Waals surface area contributed by atoms with Crippen LogP contribution in [0.15, 0.2) is 51.2 Å². The van der Waals surface area contributed by atoms with Gasteiger partial charge in [0.05, 0.1) is 21.3 Å². The zero-order chi connectivity index (χ0) is 29.3. The first-order chi connectivity index (χ1) is 19.6. The summed E-state index contributed by atoms with van der Waals surface area (Å²) < 4.78 is 20.8. The molecule has 5 rings (SSSR count). The maximum absolute atomic E-state index is 13.8. The molecule has 1 aromatic heterocycles. The fraction of sp³-hybridized carbons (Fsp3) is 0.606. The van der Waals surface area contributed by atoms with Crippen LogP contribution in [0.2, 0.25) is 0 Å². The molecule has 0 aliphatic carbocycles. The maximum Gasteiger partial charge on any atom is 0.127 e. The predicted octanol–water partition coefficient (Wildman–Crippen LogP) is 6.17. The van der Waals surface area contributed by atoms with Gasteiger partial charge in [-0.05, 0) is 112 Å². The van der Waals surface area contributed by atoms with Crippen molar-refractivity contribution >= 4 is 44.7 Å². The Balaban J connectivity index is 1.59. The Morgan fingerprint density at radius 3 is 2.10 bits per heavy atom. The zero-order valence-corrected chi connectivity index (χ0v) is 27.7. The highest BCUT2D eigenvalue weighted by molar-refractivity contribution is 7.97. The highest BCUT2D eigenvalue weighted by Gasteiger charge is 2.27. The smallest absolute Gasteiger partial charge is 0.127 e. The molecule has 0 spiro atoms. The molecule has 0 radical (unpaired) electrons. The molecule has 6 nitrogen and oxygen atoms in total. The summed E-state index contributed by atoms with van der Waals surface area (Å²) in [6.45, 7) is 15.1. The number of aryl methyl sites for hydroxylation is 1. The van der Waals surface area contributed by atoms with Crippen molar-refractivity contribution in [3.8, 4) is 0 Å². The number of nitrogens with zero attached hydrogens (tertiary/aromatic N) is 5. The van der Waals surface area contributed by atoms with Crippen LogP contribution in [0.1, 0.15) is 47.0 Å². The first-order valence-corrected chi connectivity index (χ1v) is 17.3. The molecule has 2 saturated heterocycles. The van der Waals surface area contributed by atoms with Gasteiger partial charge in [0.25, 0.3) is 0 Å². The van der Waals surface area contributed by atoms with Crippen LogP contribution in [-0.2, 0) is 18.0 Å². The number of fused-ring (bicyclic) bond motifs is 2. The molecule has 0 amide bonds. The Morgan fingerprint density at radius 2 is 1.46 bits per heavy atom. The molecule has 2 aromatic carbocycles. The summed E-state index contributed by atoms with van der Waals surface area (Å²) in [6.07, 6.45) is 3.52. The highest BCUT2D eigenvalue weighted by Crippen LogP contribution is 2.33. The number of benzene rings is 2. The summed E-state index contributed by atoms with van der Waals surface area (Å²) in [5.74, 6) is 2.57. The van der Waals surface area contributed by atoms with Gasteiger partial charge in [-0.15, -0.1) is 0 Å². The Hall–Kier alpha value is -1.71. The standard InChI is InChI=1S/C33H49N5OS2/c1-23-15-24(2)20-37(19-23)40-27-9-11-31-29(17-27)33(34-13-8-14-35(5)6)30-18-28(10-12-32(30)36(31)7)41(39)38-21-25(3)16-26(4)22-38/h9-12,17-18,23-26H,8,13-16,19-22H2,1-7H3. The highest BCUT2D eigenvalue weighted by atomic mass is 32.2. The number of rotatable bonds is 8. The van der Waals surface area contributed by atoms with E-state index >= 15 is 0 Å². The SMILES string of the molecule is CC1CC(C)CN(Sc2ccc3c(c2)c(=NCCCN(C)C)c2cc(S(=O)N4CC(C)CC(C)C4)ccc2n3C)C1. The van der Waals surface area contributed by atoms with E-state index in [1.54, 1.807) is 0 Å². The van der Waals surface area contributed by atoms with Crippen molar-refractivity contribution in [3.05, 3.63) is 41.8 Å². The average molecular weight is 596 g/mol. The molecule has 224 valence electrons. The lowest BCUT2D eigenvalue weighted by molar-refractivity contribution is 0.230. The molecule has 0 saturated carbocycles. The largest absolute Gasteiger partial charge is 0.344 e. The average Bonchev–Trinajstić information content (AvgIpc) is 2.90. The van der Waals surface area contributed by atoms with Crippen LogP contribution in [0.3, 0.4) is 0 Å². The number of pyridine rings is 1. The Kier molecular flexibility index (Phi) is 9.97. The molecule has 3 heterocycles. The van der Waals surface area contributed by atoms with Crippen molar-refractivity contribution in [2.45, 2.75) is 56.7 Å². The van der Waals surface area contributed by atoms with Crippen molar-refractivity contribution in [2.24, 2.45) is 35.7 Å². The van der Waals surface area contributed by atoms with Gasteiger partial charge in [0, 0.05) is 55.4 Å². The summed E-state index contributed by atoms with van der Waals surface area (Å²) in [4.78, 5) is 9.61. The molecule has 5 atom stereocenters. The molecule has 8 heteroatoms. The summed E-state index contributed by atoms with van der Waals surface area (Å²) in [5, 5.41) is 3.31. The second-order valence-corrected chi connectivity index (χ2v) is 15.9. The normalized spacial score (nSPS) is 25.9. The van der Waals surface area contributed by atoms with E-state index in [0.29, 0.717) is 11.8 Å². The second kappa shape index (κ2) is 13.3. The minimum absolute atomic E-state index is 0.564. The van der Waals surface area contributed by atoms with Crippen molar-refractivity contribution in [1.82, 2.24) is 18.1 Å². The van der Waals surface area contributed by atoms with Gasteiger partial charge < -0.3 is 9.47 Å². The van der Waals surface area contributed by atoms with E-state index in [0.717, 1.165) is 78.7 Å². The van der Waals surface area contributed by atoms with Crippen LogP contribution in [0.25, 0.3) is 21.8 Å². The number of piperidine rings is 2. The van der Waals surface area contributed by atoms with E-state index in [9.17, 15) is 4.21 Å². The first-order valence-electron chi connectivity index (χ1n) is 15.4. The molecule has 2 aliphatic rings. The van der Waals surface area contributed by atoms with E-state index in [1.807, 2.05) is 11.9 Å². The minimum Gasteiger partial charge on any atom is -0.344 e. The third-order valence-corrected chi connectivity index (χ3v) is 11.0. The van der Waals surface area contributed by atoms with Gasteiger partial charge in [0.15, 0.2) is 0 Å². The van der Waals surface area contributed by atoms with Crippen LogP contribution >= 0.6 is 11.9 Å². The molecule has 0 N–H and O–H groups in total. The molecular weight excluding hydrogens is 547 g/mol. The molecule has 3 aromatic rings. The van der Waals surface area contributed by atoms with Crippen LogP contribution in [0.5, 0.6) is 0 Å². The lowest BCUT2D eigenvalue weighted by Crippen LogP contribution is -2.39. The first kappa shape index (κ1) is 30.7. The van der Waals surface area contributed by atoms with Gasteiger partial charge in [-0.25, -0.2) is 12.8 Å². The number of hydrogen-bond donors (Lipinski definition) is 0. The fourth-order valence-electron chi connectivity index (χ4n) is 6.90.